The van der Waals surface area contributed by atoms with E-state index in [0.717, 1.165) is 39.1 Å². The van der Waals surface area contributed by atoms with Gasteiger partial charge in [0.25, 0.3) is 0 Å². The summed E-state index contributed by atoms with van der Waals surface area (Å²) in [5.41, 5.74) is 7.15. The van der Waals surface area contributed by atoms with Crippen LogP contribution in [0.25, 0.3) is 0 Å². The third-order valence-corrected chi connectivity index (χ3v) is 4.45. The van der Waals surface area contributed by atoms with Gasteiger partial charge >= 0.3 is 0 Å². The SMILES string of the molecule is CCC(N)Cc1ccc(OCc2ccc(Cl)s2)c(OC)c1. The van der Waals surface area contributed by atoms with Gasteiger partial charge in [0, 0.05) is 10.9 Å². The van der Waals surface area contributed by atoms with Gasteiger partial charge in [-0.2, -0.15) is 0 Å². The molecule has 1 aromatic heterocycles. The quantitative estimate of drug-likeness (QED) is 0.826. The molecule has 0 saturated carbocycles. The maximum atomic E-state index is 5.99. The van der Waals surface area contributed by atoms with Crippen LogP contribution in [0, 0.1) is 0 Å². The van der Waals surface area contributed by atoms with E-state index in [-0.39, 0.29) is 6.04 Å². The van der Waals surface area contributed by atoms with Crippen LogP contribution >= 0.6 is 22.9 Å². The van der Waals surface area contributed by atoms with Gasteiger partial charge in [-0.3, -0.25) is 0 Å². The topological polar surface area (TPSA) is 44.5 Å². The summed E-state index contributed by atoms with van der Waals surface area (Å²) in [6, 6.07) is 9.98. The van der Waals surface area contributed by atoms with Gasteiger partial charge in [-0.15, -0.1) is 11.3 Å². The van der Waals surface area contributed by atoms with Gasteiger partial charge in [-0.1, -0.05) is 24.6 Å². The van der Waals surface area contributed by atoms with Crippen LogP contribution in [-0.2, 0) is 13.0 Å². The average Bonchev–Trinajstić information content (AvgIpc) is 2.91. The highest BCUT2D eigenvalue weighted by atomic mass is 35.5. The third kappa shape index (κ3) is 4.63. The Kier molecular flexibility index (Phi) is 5.91. The fraction of sp³-hybridized carbons (Fsp3) is 0.375. The Hall–Kier alpha value is -1.23. The molecule has 0 saturated heterocycles. The molecule has 21 heavy (non-hydrogen) atoms. The fourth-order valence-corrected chi connectivity index (χ4v) is 2.98. The normalized spacial score (nSPS) is 12.2. The van der Waals surface area contributed by atoms with Gasteiger partial charge in [0.05, 0.1) is 11.4 Å². The second-order valence-corrected chi connectivity index (χ2v) is 6.65. The minimum Gasteiger partial charge on any atom is -0.493 e. The maximum absolute atomic E-state index is 5.99. The Morgan fingerprint density at radius 2 is 2.05 bits per heavy atom. The van der Waals surface area contributed by atoms with Crippen LogP contribution in [0.2, 0.25) is 4.34 Å². The van der Waals surface area contributed by atoms with Crippen molar-refractivity contribution in [2.75, 3.05) is 7.11 Å². The molecule has 0 amide bonds. The van der Waals surface area contributed by atoms with Crippen molar-refractivity contribution in [1.82, 2.24) is 0 Å². The highest BCUT2D eigenvalue weighted by Crippen LogP contribution is 2.30. The number of halogens is 1. The van der Waals surface area contributed by atoms with E-state index in [1.807, 2.05) is 30.3 Å². The van der Waals surface area contributed by atoms with Crippen molar-refractivity contribution in [2.45, 2.75) is 32.4 Å². The van der Waals surface area contributed by atoms with E-state index in [1.54, 1.807) is 7.11 Å². The molecule has 0 spiro atoms. The number of benzene rings is 1. The first-order valence-corrected chi connectivity index (χ1v) is 8.11. The molecule has 1 aromatic carbocycles. The van der Waals surface area contributed by atoms with Crippen molar-refractivity contribution in [3.8, 4) is 11.5 Å². The van der Waals surface area contributed by atoms with Gasteiger partial charge < -0.3 is 15.2 Å². The van der Waals surface area contributed by atoms with Crippen molar-refractivity contribution >= 4 is 22.9 Å². The lowest BCUT2D eigenvalue weighted by Crippen LogP contribution is -2.21. The number of methoxy groups -OCH3 is 1. The van der Waals surface area contributed by atoms with Gasteiger partial charge in [0.15, 0.2) is 11.5 Å². The van der Waals surface area contributed by atoms with Gasteiger partial charge in [-0.05, 0) is 42.7 Å². The highest BCUT2D eigenvalue weighted by molar-refractivity contribution is 7.16. The Morgan fingerprint density at radius 1 is 1.24 bits per heavy atom. The first-order valence-electron chi connectivity index (χ1n) is 6.92. The molecular weight excluding hydrogens is 306 g/mol. The van der Waals surface area contributed by atoms with Crippen LogP contribution in [0.5, 0.6) is 11.5 Å². The molecule has 1 unspecified atom stereocenters. The number of thiophene rings is 1. The third-order valence-electron chi connectivity index (χ3n) is 3.25. The van der Waals surface area contributed by atoms with Gasteiger partial charge in [0.1, 0.15) is 6.61 Å². The minimum atomic E-state index is 0.176. The largest absolute Gasteiger partial charge is 0.493 e. The summed E-state index contributed by atoms with van der Waals surface area (Å²) in [7, 11) is 1.65. The number of hydrogen-bond acceptors (Lipinski definition) is 4. The van der Waals surface area contributed by atoms with E-state index in [2.05, 4.69) is 6.92 Å². The lowest BCUT2D eigenvalue weighted by atomic mass is 10.0. The Labute approximate surface area is 134 Å². The molecule has 0 radical (unpaired) electrons. The standard InChI is InChI=1S/C16H20ClNO2S/c1-3-12(18)8-11-4-6-14(15(9-11)19-2)20-10-13-5-7-16(17)21-13/h4-7,9,12H,3,8,10,18H2,1-2H3. The lowest BCUT2D eigenvalue weighted by Gasteiger charge is -2.13. The predicted octanol–water partition coefficient (Wildman–Crippen LogP) is 4.27. The summed E-state index contributed by atoms with van der Waals surface area (Å²) < 4.78 is 12.0. The van der Waals surface area contributed by atoms with E-state index in [9.17, 15) is 0 Å². The molecule has 2 aromatic rings. The predicted molar refractivity (Wildman–Crippen MR) is 88.6 cm³/mol. The van der Waals surface area contributed by atoms with Gasteiger partial charge in [0.2, 0.25) is 0 Å². The van der Waals surface area contributed by atoms with Crippen LogP contribution in [-0.4, -0.2) is 13.2 Å². The summed E-state index contributed by atoms with van der Waals surface area (Å²) in [6.45, 7) is 2.58. The van der Waals surface area contributed by atoms with Crippen molar-refractivity contribution in [2.24, 2.45) is 5.73 Å². The zero-order valence-electron chi connectivity index (χ0n) is 12.3. The Morgan fingerprint density at radius 3 is 2.67 bits per heavy atom. The summed E-state index contributed by atoms with van der Waals surface area (Å²) in [4.78, 5) is 1.08. The fourth-order valence-electron chi connectivity index (χ4n) is 1.98. The summed E-state index contributed by atoms with van der Waals surface area (Å²) in [5.74, 6) is 1.47. The molecule has 0 bridgehead atoms. The number of nitrogens with two attached hydrogens (primary N) is 1. The van der Waals surface area contributed by atoms with E-state index < -0.39 is 0 Å². The molecule has 0 aliphatic carbocycles. The molecular formula is C16H20ClNO2S. The molecule has 2 rings (SSSR count). The molecule has 0 aliphatic rings. The summed E-state index contributed by atoms with van der Waals surface area (Å²) >= 11 is 7.43. The van der Waals surface area contributed by atoms with Crippen LogP contribution in [0.4, 0.5) is 0 Å². The second-order valence-electron chi connectivity index (χ2n) is 4.85. The van der Waals surface area contributed by atoms with E-state index in [4.69, 9.17) is 26.8 Å². The molecule has 3 nitrogen and oxygen atoms in total. The summed E-state index contributed by atoms with van der Waals surface area (Å²) in [6.07, 6.45) is 1.80. The van der Waals surface area contributed by atoms with Crippen LogP contribution < -0.4 is 15.2 Å². The molecule has 1 atom stereocenters. The van der Waals surface area contributed by atoms with Crippen LogP contribution in [0.3, 0.4) is 0 Å². The van der Waals surface area contributed by atoms with Crippen molar-refractivity contribution in [1.29, 1.82) is 0 Å². The van der Waals surface area contributed by atoms with E-state index in [0.29, 0.717) is 6.61 Å². The second kappa shape index (κ2) is 7.69. The van der Waals surface area contributed by atoms with Crippen LogP contribution in [0.15, 0.2) is 30.3 Å². The highest BCUT2D eigenvalue weighted by Gasteiger charge is 2.09. The van der Waals surface area contributed by atoms with E-state index >= 15 is 0 Å². The summed E-state index contributed by atoms with van der Waals surface area (Å²) in [5, 5.41) is 0. The lowest BCUT2D eigenvalue weighted by molar-refractivity contribution is 0.287. The average molecular weight is 326 g/mol. The Bertz CT molecular complexity index is 585. The number of ether oxygens (including phenoxy) is 2. The number of hydrogen-bond donors (Lipinski definition) is 1. The first-order chi connectivity index (χ1) is 10.1. The zero-order chi connectivity index (χ0) is 15.2. The first kappa shape index (κ1) is 16.1. The van der Waals surface area contributed by atoms with Crippen molar-refractivity contribution in [3.63, 3.8) is 0 Å². The zero-order valence-corrected chi connectivity index (χ0v) is 13.8. The molecule has 114 valence electrons. The molecule has 5 heteroatoms. The van der Waals surface area contributed by atoms with Crippen molar-refractivity contribution < 1.29 is 9.47 Å². The molecule has 1 heterocycles. The van der Waals surface area contributed by atoms with Gasteiger partial charge in [-0.25, -0.2) is 0 Å². The van der Waals surface area contributed by atoms with E-state index in [1.165, 1.54) is 11.3 Å². The monoisotopic (exact) mass is 325 g/mol. The minimum absolute atomic E-state index is 0.176. The molecule has 0 fully saturated rings. The number of rotatable bonds is 7. The molecule has 0 aliphatic heterocycles. The van der Waals surface area contributed by atoms with Crippen LogP contribution in [0.1, 0.15) is 23.8 Å². The maximum Gasteiger partial charge on any atom is 0.161 e. The Balaban J connectivity index is 2.05. The van der Waals surface area contributed by atoms with Crippen molar-refractivity contribution in [3.05, 3.63) is 45.1 Å². The smallest absolute Gasteiger partial charge is 0.161 e. The molecule has 2 N–H and O–H groups in total.